The van der Waals surface area contributed by atoms with Gasteiger partial charge in [0, 0.05) is 11.1 Å². The average Bonchev–Trinajstić information content (AvgIpc) is 2.68. The maximum Gasteiger partial charge on any atom is 0.0690 e. The Labute approximate surface area is 173 Å². The lowest BCUT2D eigenvalue weighted by Crippen LogP contribution is -2.08. The summed E-state index contributed by atoms with van der Waals surface area (Å²) in [4.78, 5) is 0. The van der Waals surface area contributed by atoms with Gasteiger partial charge in [0.25, 0.3) is 0 Å². The highest BCUT2D eigenvalue weighted by atomic mass is 35.5. The van der Waals surface area contributed by atoms with E-state index in [0.717, 1.165) is 23.1 Å². The van der Waals surface area contributed by atoms with Crippen molar-refractivity contribution in [2.45, 2.75) is 20.3 Å². The first-order valence-electron chi connectivity index (χ1n) is 9.34. The molecule has 0 unspecified atom stereocenters. The lowest BCUT2D eigenvalue weighted by Gasteiger charge is -2.14. The molecule has 0 bridgehead atoms. The largest absolute Gasteiger partial charge is 0.300 e. The molecule has 0 aromatic heterocycles. The van der Waals surface area contributed by atoms with Gasteiger partial charge in [-0.1, -0.05) is 90.5 Å². The van der Waals surface area contributed by atoms with Crippen LogP contribution in [0.4, 0.5) is 0 Å². The third kappa shape index (κ3) is 3.85. The Morgan fingerprint density at radius 1 is 0.714 bits per heavy atom. The van der Waals surface area contributed by atoms with Crippen molar-refractivity contribution < 1.29 is 0 Å². The molecule has 0 radical (unpaired) electrons. The van der Waals surface area contributed by atoms with Gasteiger partial charge in [-0.3, -0.25) is 5.41 Å². The second-order valence-corrected chi connectivity index (χ2v) is 7.17. The van der Waals surface area contributed by atoms with Crippen LogP contribution in [0.25, 0.3) is 10.8 Å². The molecule has 2 heteroatoms. The molecule has 0 saturated carbocycles. The Bertz CT molecular complexity index is 1140. The summed E-state index contributed by atoms with van der Waals surface area (Å²) < 4.78 is 0. The molecule has 0 saturated heterocycles. The van der Waals surface area contributed by atoms with Crippen LogP contribution in [0.15, 0.2) is 84.9 Å². The first-order chi connectivity index (χ1) is 13.1. The Balaban J connectivity index is 0.00000225. The Kier molecular flexibility index (Phi) is 5.96. The van der Waals surface area contributed by atoms with E-state index in [0.29, 0.717) is 5.71 Å². The van der Waals surface area contributed by atoms with Gasteiger partial charge in [-0.05, 0) is 47.7 Å². The van der Waals surface area contributed by atoms with Crippen LogP contribution in [-0.2, 0) is 6.42 Å². The van der Waals surface area contributed by atoms with Crippen LogP contribution in [0.2, 0.25) is 0 Å². The van der Waals surface area contributed by atoms with Gasteiger partial charge in [-0.2, -0.15) is 0 Å². The lowest BCUT2D eigenvalue weighted by atomic mass is 9.90. The molecule has 0 amide bonds. The van der Waals surface area contributed by atoms with Crippen LogP contribution in [0.3, 0.4) is 0 Å². The number of hydrogen-bond donors (Lipinski definition) is 1. The average molecular weight is 386 g/mol. The van der Waals surface area contributed by atoms with Crippen molar-refractivity contribution in [1.29, 1.82) is 5.41 Å². The van der Waals surface area contributed by atoms with E-state index in [2.05, 4.69) is 92.7 Å². The van der Waals surface area contributed by atoms with Crippen LogP contribution in [0.1, 0.15) is 33.4 Å². The van der Waals surface area contributed by atoms with Gasteiger partial charge in [-0.25, -0.2) is 0 Å². The lowest BCUT2D eigenvalue weighted by molar-refractivity contribution is 1.20. The minimum atomic E-state index is 0. The van der Waals surface area contributed by atoms with Crippen molar-refractivity contribution in [1.82, 2.24) is 0 Å². The number of nitrogens with one attached hydrogen (secondary N) is 1. The Hall–Kier alpha value is -2.90. The minimum absolute atomic E-state index is 0. The zero-order valence-electron chi connectivity index (χ0n) is 16.2. The van der Waals surface area contributed by atoms with Gasteiger partial charge in [-0.15, -0.1) is 12.4 Å². The number of aryl methyl sites for hydroxylation is 2. The smallest absolute Gasteiger partial charge is 0.0690 e. The molecule has 4 rings (SSSR count). The molecule has 140 valence electrons. The molecule has 0 aliphatic carbocycles. The Morgan fingerprint density at radius 2 is 1.39 bits per heavy atom. The van der Waals surface area contributed by atoms with Crippen LogP contribution in [0, 0.1) is 19.3 Å². The highest BCUT2D eigenvalue weighted by Crippen LogP contribution is 2.25. The summed E-state index contributed by atoms with van der Waals surface area (Å²) in [6, 6.07) is 29.6. The molecule has 0 atom stereocenters. The normalized spacial score (nSPS) is 10.5. The zero-order chi connectivity index (χ0) is 18.8. The summed E-state index contributed by atoms with van der Waals surface area (Å²) in [6.07, 6.45) is 0.824. The maximum absolute atomic E-state index is 8.85. The molecule has 0 fully saturated rings. The quantitative estimate of drug-likeness (QED) is 0.370. The fourth-order valence-corrected chi connectivity index (χ4v) is 3.81. The van der Waals surface area contributed by atoms with E-state index < -0.39 is 0 Å². The molecule has 0 aliphatic rings. The third-order valence-electron chi connectivity index (χ3n) is 5.20. The number of hydrogen-bond acceptors (Lipinski definition) is 1. The number of rotatable bonds is 4. The van der Waals surface area contributed by atoms with E-state index in [1.54, 1.807) is 0 Å². The van der Waals surface area contributed by atoms with E-state index in [-0.39, 0.29) is 12.4 Å². The van der Waals surface area contributed by atoms with E-state index in [1.807, 2.05) is 6.07 Å². The predicted octanol–water partition coefficient (Wildman–Crippen LogP) is 6.89. The minimum Gasteiger partial charge on any atom is -0.300 e. The van der Waals surface area contributed by atoms with Crippen molar-refractivity contribution >= 4 is 28.9 Å². The van der Waals surface area contributed by atoms with Gasteiger partial charge >= 0.3 is 0 Å². The SMILES string of the molecule is Cc1ccc(C(=N)c2ccccc2Cc2cccc3ccccc23)c(C)c1.Cl. The van der Waals surface area contributed by atoms with Crippen LogP contribution < -0.4 is 0 Å². The van der Waals surface area contributed by atoms with Crippen molar-refractivity contribution in [3.63, 3.8) is 0 Å². The van der Waals surface area contributed by atoms with Crippen LogP contribution in [-0.4, -0.2) is 5.71 Å². The van der Waals surface area contributed by atoms with Crippen molar-refractivity contribution in [3.05, 3.63) is 118 Å². The number of fused-ring (bicyclic) bond motifs is 1. The fourth-order valence-electron chi connectivity index (χ4n) is 3.81. The summed E-state index contributed by atoms with van der Waals surface area (Å²) in [5.41, 5.74) is 7.49. The molecular weight excluding hydrogens is 362 g/mol. The predicted molar refractivity (Wildman–Crippen MR) is 122 cm³/mol. The van der Waals surface area contributed by atoms with Gasteiger partial charge < -0.3 is 0 Å². The molecule has 0 spiro atoms. The first kappa shape index (κ1) is 19.9. The molecule has 0 aliphatic heterocycles. The van der Waals surface area contributed by atoms with Crippen molar-refractivity contribution in [2.75, 3.05) is 0 Å². The van der Waals surface area contributed by atoms with Gasteiger partial charge in [0.05, 0.1) is 5.71 Å². The molecular formula is C26H24ClN. The topological polar surface area (TPSA) is 23.9 Å². The van der Waals surface area contributed by atoms with E-state index in [4.69, 9.17) is 5.41 Å². The van der Waals surface area contributed by atoms with Gasteiger partial charge in [0.2, 0.25) is 0 Å². The monoisotopic (exact) mass is 385 g/mol. The van der Waals surface area contributed by atoms with Gasteiger partial charge in [0.1, 0.15) is 0 Å². The summed E-state index contributed by atoms with van der Waals surface area (Å²) in [7, 11) is 0. The second-order valence-electron chi connectivity index (χ2n) is 7.17. The standard InChI is InChI=1S/C26H23N.ClH/c1-18-14-15-23(19(2)16-18)26(27)25-13-6-4-9-22(25)17-21-11-7-10-20-8-3-5-12-24(20)21;/h3-16,27H,17H2,1-2H3;1H. The molecule has 0 heterocycles. The molecule has 1 N–H and O–H groups in total. The summed E-state index contributed by atoms with van der Waals surface area (Å²) in [5, 5.41) is 11.4. The van der Waals surface area contributed by atoms with Crippen molar-refractivity contribution in [2.24, 2.45) is 0 Å². The van der Waals surface area contributed by atoms with Crippen LogP contribution >= 0.6 is 12.4 Å². The van der Waals surface area contributed by atoms with E-state index >= 15 is 0 Å². The van der Waals surface area contributed by atoms with E-state index in [1.165, 1.54) is 27.5 Å². The van der Waals surface area contributed by atoms with Crippen LogP contribution in [0.5, 0.6) is 0 Å². The molecule has 1 nitrogen and oxygen atoms in total. The molecule has 28 heavy (non-hydrogen) atoms. The van der Waals surface area contributed by atoms with Gasteiger partial charge in [0.15, 0.2) is 0 Å². The molecule has 4 aromatic carbocycles. The molecule has 4 aromatic rings. The number of benzene rings is 4. The highest BCUT2D eigenvalue weighted by Gasteiger charge is 2.13. The highest BCUT2D eigenvalue weighted by molar-refractivity contribution is 6.12. The number of halogens is 1. The third-order valence-corrected chi connectivity index (χ3v) is 5.20. The fraction of sp³-hybridized carbons (Fsp3) is 0.115. The summed E-state index contributed by atoms with van der Waals surface area (Å²) >= 11 is 0. The van der Waals surface area contributed by atoms with Crippen molar-refractivity contribution in [3.8, 4) is 0 Å². The first-order valence-corrected chi connectivity index (χ1v) is 9.34. The van der Waals surface area contributed by atoms with E-state index in [9.17, 15) is 0 Å². The Morgan fingerprint density at radius 3 is 2.21 bits per heavy atom. The summed E-state index contributed by atoms with van der Waals surface area (Å²) in [5.74, 6) is 0. The second kappa shape index (κ2) is 8.41. The maximum atomic E-state index is 8.85. The zero-order valence-corrected chi connectivity index (χ0v) is 17.0. The summed E-state index contributed by atoms with van der Waals surface area (Å²) in [6.45, 7) is 4.18.